The second-order valence-corrected chi connectivity index (χ2v) is 7.32. The van der Waals surface area contributed by atoms with E-state index in [1.54, 1.807) is 11.8 Å². The second kappa shape index (κ2) is 12.6. The first-order valence-electron chi connectivity index (χ1n) is 9.29. The van der Waals surface area contributed by atoms with Gasteiger partial charge in [0.25, 0.3) is 11.8 Å². The highest BCUT2D eigenvalue weighted by molar-refractivity contribution is 7.99. The number of amides is 2. The highest BCUT2D eigenvalue weighted by Crippen LogP contribution is 2.17. The Morgan fingerprint density at radius 2 is 1.73 bits per heavy atom. The fraction of sp³-hybridized carbons (Fsp3) is 0.286. The van der Waals surface area contributed by atoms with Gasteiger partial charge in [0.05, 0.1) is 12.0 Å². The van der Waals surface area contributed by atoms with Gasteiger partial charge in [-0.05, 0) is 36.4 Å². The molecule has 30 heavy (non-hydrogen) atoms. The van der Waals surface area contributed by atoms with E-state index in [-0.39, 0.29) is 18.5 Å². The summed E-state index contributed by atoms with van der Waals surface area (Å²) < 4.78 is 31.2. The zero-order chi connectivity index (χ0) is 21.8. The first-order chi connectivity index (χ1) is 14.5. The van der Waals surface area contributed by atoms with Crippen LogP contribution in [0, 0.1) is 11.6 Å². The van der Waals surface area contributed by atoms with Crippen LogP contribution >= 0.6 is 11.8 Å². The zero-order valence-electron chi connectivity index (χ0n) is 16.2. The summed E-state index contributed by atoms with van der Waals surface area (Å²) in [6.45, 7) is -0.0481. The maximum atomic E-state index is 13.5. The maximum absolute atomic E-state index is 13.5. The summed E-state index contributed by atoms with van der Waals surface area (Å²) >= 11 is 1.69. The van der Waals surface area contributed by atoms with Crippen LogP contribution in [-0.2, 0) is 14.3 Å². The molecule has 0 heterocycles. The highest BCUT2D eigenvalue weighted by Gasteiger charge is 2.13. The van der Waals surface area contributed by atoms with E-state index in [2.05, 4.69) is 10.6 Å². The van der Waals surface area contributed by atoms with Crippen molar-refractivity contribution in [2.45, 2.75) is 17.7 Å². The lowest BCUT2D eigenvalue weighted by atomic mass is 10.2. The SMILES string of the molecule is O=C(COC(=O)CCNC(=O)c1ccc(F)cc1F)NCCCSc1ccccc1. The lowest BCUT2D eigenvalue weighted by Gasteiger charge is -2.08. The Morgan fingerprint density at radius 1 is 0.967 bits per heavy atom. The fourth-order valence-corrected chi connectivity index (χ4v) is 3.20. The van der Waals surface area contributed by atoms with Crippen LogP contribution in [0.3, 0.4) is 0 Å². The summed E-state index contributed by atoms with van der Waals surface area (Å²) in [4.78, 5) is 36.3. The van der Waals surface area contributed by atoms with Gasteiger partial charge in [-0.1, -0.05) is 18.2 Å². The van der Waals surface area contributed by atoms with E-state index < -0.39 is 36.0 Å². The van der Waals surface area contributed by atoms with Crippen molar-refractivity contribution in [3.05, 3.63) is 65.7 Å². The standard InChI is InChI=1S/C21H22F2N2O4S/c22-15-7-8-17(18(23)13-15)21(28)25-11-9-20(27)29-14-19(26)24-10-4-12-30-16-5-2-1-3-6-16/h1-3,5-8,13H,4,9-12,14H2,(H,24,26)(H,25,28). The number of hydrogen-bond donors (Lipinski definition) is 2. The Morgan fingerprint density at radius 3 is 2.47 bits per heavy atom. The van der Waals surface area contributed by atoms with E-state index in [4.69, 9.17) is 4.74 Å². The summed E-state index contributed by atoms with van der Waals surface area (Å²) in [5.41, 5.74) is -0.324. The van der Waals surface area contributed by atoms with Crippen molar-refractivity contribution < 1.29 is 27.9 Å². The van der Waals surface area contributed by atoms with Gasteiger partial charge < -0.3 is 15.4 Å². The summed E-state index contributed by atoms with van der Waals surface area (Å²) in [6, 6.07) is 12.5. The van der Waals surface area contributed by atoms with Crippen molar-refractivity contribution >= 4 is 29.5 Å². The molecule has 160 valence electrons. The van der Waals surface area contributed by atoms with Crippen molar-refractivity contribution in [1.82, 2.24) is 10.6 Å². The van der Waals surface area contributed by atoms with E-state index in [0.717, 1.165) is 29.2 Å². The van der Waals surface area contributed by atoms with Crippen LogP contribution in [0.4, 0.5) is 8.78 Å². The Kier molecular flexibility index (Phi) is 9.79. The number of ether oxygens (including phenoxy) is 1. The number of thioether (sulfide) groups is 1. The average molecular weight is 436 g/mol. The normalized spacial score (nSPS) is 10.3. The zero-order valence-corrected chi connectivity index (χ0v) is 17.0. The Bertz CT molecular complexity index is 865. The van der Waals surface area contributed by atoms with E-state index in [1.165, 1.54) is 0 Å². The average Bonchev–Trinajstić information content (AvgIpc) is 2.72. The lowest BCUT2D eigenvalue weighted by molar-refractivity contribution is -0.148. The number of halogens is 2. The van der Waals surface area contributed by atoms with Gasteiger partial charge in [-0.15, -0.1) is 11.8 Å². The molecule has 0 radical (unpaired) electrons. The van der Waals surface area contributed by atoms with Crippen molar-refractivity contribution in [3.8, 4) is 0 Å². The van der Waals surface area contributed by atoms with E-state index in [9.17, 15) is 23.2 Å². The van der Waals surface area contributed by atoms with Crippen LogP contribution < -0.4 is 10.6 Å². The lowest BCUT2D eigenvalue weighted by Crippen LogP contribution is -2.31. The Hall–Kier alpha value is -2.94. The molecular weight excluding hydrogens is 414 g/mol. The molecule has 9 heteroatoms. The summed E-state index contributed by atoms with van der Waals surface area (Å²) in [5, 5.41) is 4.99. The monoisotopic (exact) mass is 436 g/mol. The molecule has 0 aliphatic rings. The second-order valence-electron chi connectivity index (χ2n) is 6.16. The third kappa shape index (κ3) is 8.60. The van der Waals surface area contributed by atoms with Gasteiger partial charge in [-0.2, -0.15) is 0 Å². The van der Waals surface area contributed by atoms with Gasteiger partial charge in [0.1, 0.15) is 11.6 Å². The largest absolute Gasteiger partial charge is 0.456 e. The van der Waals surface area contributed by atoms with Crippen LogP contribution in [0.15, 0.2) is 53.4 Å². The quantitative estimate of drug-likeness (QED) is 0.322. The van der Waals surface area contributed by atoms with Crippen molar-refractivity contribution in [2.75, 3.05) is 25.4 Å². The fourth-order valence-electron chi connectivity index (χ4n) is 2.32. The number of benzene rings is 2. The third-order valence-corrected chi connectivity index (χ3v) is 4.91. The van der Waals surface area contributed by atoms with Crippen molar-refractivity contribution in [1.29, 1.82) is 0 Å². The summed E-state index contributed by atoms with van der Waals surface area (Å²) in [5.74, 6) is -2.80. The van der Waals surface area contributed by atoms with Gasteiger partial charge in [0.2, 0.25) is 0 Å². The summed E-state index contributed by atoms with van der Waals surface area (Å²) in [6.07, 6.45) is 0.584. The molecule has 2 N–H and O–H groups in total. The first-order valence-corrected chi connectivity index (χ1v) is 10.3. The molecule has 0 aliphatic carbocycles. The minimum absolute atomic E-state index is 0.104. The smallest absolute Gasteiger partial charge is 0.308 e. The molecule has 0 unspecified atom stereocenters. The van der Waals surface area contributed by atoms with Crippen LogP contribution in [0.5, 0.6) is 0 Å². The van der Waals surface area contributed by atoms with Gasteiger partial charge in [0.15, 0.2) is 6.61 Å². The molecule has 6 nitrogen and oxygen atoms in total. The number of rotatable bonds is 11. The number of carbonyl (C=O) groups is 3. The third-order valence-electron chi connectivity index (χ3n) is 3.81. The van der Waals surface area contributed by atoms with Gasteiger partial charge in [0, 0.05) is 24.1 Å². The molecule has 0 bridgehead atoms. The number of esters is 1. The van der Waals surface area contributed by atoms with Crippen LogP contribution in [0.25, 0.3) is 0 Å². The van der Waals surface area contributed by atoms with Gasteiger partial charge in [-0.25, -0.2) is 8.78 Å². The van der Waals surface area contributed by atoms with Crippen LogP contribution in [0.2, 0.25) is 0 Å². The minimum atomic E-state index is -0.992. The Balaban J connectivity index is 1.53. The van der Waals surface area contributed by atoms with Crippen molar-refractivity contribution in [2.24, 2.45) is 0 Å². The molecule has 2 rings (SSSR count). The molecule has 0 spiro atoms. The predicted octanol–water partition coefficient (Wildman–Crippen LogP) is 2.93. The molecule has 0 fully saturated rings. The molecule has 0 aromatic heterocycles. The van der Waals surface area contributed by atoms with E-state index >= 15 is 0 Å². The molecular formula is C21H22F2N2O4S. The number of nitrogens with one attached hydrogen (secondary N) is 2. The van der Waals surface area contributed by atoms with Crippen molar-refractivity contribution in [3.63, 3.8) is 0 Å². The number of hydrogen-bond acceptors (Lipinski definition) is 5. The summed E-state index contributed by atoms with van der Waals surface area (Å²) in [7, 11) is 0. The molecule has 0 saturated heterocycles. The van der Waals surface area contributed by atoms with Crippen LogP contribution in [0.1, 0.15) is 23.2 Å². The highest BCUT2D eigenvalue weighted by atomic mass is 32.2. The van der Waals surface area contributed by atoms with Gasteiger partial charge >= 0.3 is 5.97 Å². The number of carbonyl (C=O) groups excluding carboxylic acids is 3. The van der Waals surface area contributed by atoms with E-state index in [1.807, 2.05) is 30.3 Å². The Labute approximate surface area is 177 Å². The molecule has 2 aromatic carbocycles. The first kappa shape index (κ1) is 23.3. The maximum Gasteiger partial charge on any atom is 0.308 e. The molecule has 0 atom stereocenters. The molecule has 2 aromatic rings. The molecule has 2 amide bonds. The molecule has 0 aliphatic heterocycles. The van der Waals surface area contributed by atoms with Gasteiger partial charge in [-0.3, -0.25) is 14.4 Å². The van der Waals surface area contributed by atoms with Crippen LogP contribution in [-0.4, -0.2) is 43.2 Å². The molecule has 0 saturated carbocycles. The van der Waals surface area contributed by atoms with E-state index in [0.29, 0.717) is 12.6 Å². The topological polar surface area (TPSA) is 84.5 Å². The minimum Gasteiger partial charge on any atom is -0.456 e. The predicted molar refractivity (Wildman–Crippen MR) is 109 cm³/mol.